The highest BCUT2D eigenvalue weighted by Crippen LogP contribution is 2.48. The van der Waals surface area contributed by atoms with Crippen molar-refractivity contribution >= 4 is 74.3 Å². The smallest absolute Gasteiger partial charge is 0.252 e. The second-order valence-electron chi connectivity index (χ2n) is 15.8. The molecular formula is C50H46BN3. The van der Waals surface area contributed by atoms with Crippen molar-refractivity contribution in [2.24, 2.45) is 0 Å². The van der Waals surface area contributed by atoms with E-state index in [0.29, 0.717) is 0 Å². The average Bonchev–Trinajstić information content (AvgIpc) is 3.10. The van der Waals surface area contributed by atoms with Crippen LogP contribution in [0.15, 0.2) is 133 Å². The van der Waals surface area contributed by atoms with Gasteiger partial charge in [-0.25, -0.2) is 0 Å². The van der Waals surface area contributed by atoms with E-state index in [9.17, 15) is 0 Å². The van der Waals surface area contributed by atoms with Crippen LogP contribution in [0.25, 0.3) is 0 Å². The Morgan fingerprint density at radius 1 is 0.370 bits per heavy atom. The van der Waals surface area contributed by atoms with Gasteiger partial charge in [-0.15, -0.1) is 0 Å². The Hall–Kier alpha value is -6.00. The van der Waals surface area contributed by atoms with Crippen LogP contribution in [-0.2, 0) is 0 Å². The van der Waals surface area contributed by atoms with Crippen LogP contribution < -0.4 is 31.1 Å². The molecular weight excluding hydrogens is 653 g/mol. The molecule has 0 saturated heterocycles. The summed E-state index contributed by atoms with van der Waals surface area (Å²) in [7, 11) is 0. The predicted molar refractivity (Wildman–Crippen MR) is 233 cm³/mol. The molecule has 0 saturated carbocycles. The molecule has 4 heteroatoms. The van der Waals surface area contributed by atoms with Gasteiger partial charge >= 0.3 is 0 Å². The molecule has 0 unspecified atom stereocenters. The molecule has 0 atom stereocenters. The van der Waals surface area contributed by atoms with Gasteiger partial charge in [0.05, 0.1) is 5.69 Å². The first-order chi connectivity index (χ1) is 26.0. The number of benzene rings is 7. The predicted octanol–water partition coefficient (Wildman–Crippen LogP) is 11.7. The Balaban J connectivity index is 1.45. The van der Waals surface area contributed by atoms with E-state index in [1.165, 1.54) is 95.0 Å². The van der Waals surface area contributed by atoms with Gasteiger partial charge in [0.25, 0.3) is 6.71 Å². The van der Waals surface area contributed by atoms with Gasteiger partial charge in [0, 0.05) is 45.5 Å². The summed E-state index contributed by atoms with van der Waals surface area (Å²) in [5, 5.41) is 0. The average molecular weight is 700 g/mol. The normalized spacial score (nSPS) is 12.7. The van der Waals surface area contributed by atoms with Crippen molar-refractivity contribution in [2.75, 3.05) is 14.7 Å². The number of hydrogen-bond acceptors (Lipinski definition) is 3. The number of anilines is 9. The monoisotopic (exact) mass is 699 g/mol. The maximum atomic E-state index is 2.56. The van der Waals surface area contributed by atoms with E-state index >= 15 is 0 Å². The standard InChI is InChI=1S/C50H46BN3/c1-31-18-32(2)23-40(22-31)52(39-14-10-9-11-15-39)43-29-47-50-48(30-43)54(42-26-35(5)20-36(6)27-42)46-28-37(7)21-38(8)49(46)51(50)44-16-12-13-17-45(44)53(47)41-24-33(3)19-34(4)25-41/h9-30H,1-8H3. The van der Waals surface area contributed by atoms with Crippen LogP contribution in [0.5, 0.6) is 0 Å². The second kappa shape index (κ2) is 12.8. The molecule has 2 heterocycles. The number of para-hydroxylation sites is 2. The van der Waals surface area contributed by atoms with Crippen molar-refractivity contribution < 1.29 is 0 Å². The van der Waals surface area contributed by atoms with E-state index in [4.69, 9.17) is 0 Å². The zero-order valence-corrected chi connectivity index (χ0v) is 32.6. The number of nitrogens with zero attached hydrogens (tertiary/aromatic N) is 3. The Morgan fingerprint density at radius 3 is 1.39 bits per heavy atom. The highest BCUT2D eigenvalue weighted by atomic mass is 15.2. The molecule has 0 amide bonds. The number of hydrogen-bond donors (Lipinski definition) is 0. The molecule has 54 heavy (non-hydrogen) atoms. The molecule has 0 fully saturated rings. The maximum absolute atomic E-state index is 2.56. The Kier molecular flexibility index (Phi) is 8.04. The summed E-state index contributed by atoms with van der Waals surface area (Å²) in [6.07, 6.45) is 0. The van der Waals surface area contributed by atoms with Crippen LogP contribution >= 0.6 is 0 Å². The van der Waals surface area contributed by atoms with Crippen molar-refractivity contribution in [3.05, 3.63) is 178 Å². The highest BCUT2D eigenvalue weighted by Gasteiger charge is 2.44. The Bertz CT molecular complexity index is 2560. The van der Waals surface area contributed by atoms with Crippen molar-refractivity contribution in [2.45, 2.75) is 55.4 Å². The number of rotatable bonds is 5. The lowest BCUT2D eigenvalue weighted by molar-refractivity contribution is 1.20. The zero-order chi connectivity index (χ0) is 37.4. The lowest BCUT2D eigenvalue weighted by Gasteiger charge is -2.45. The summed E-state index contributed by atoms with van der Waals surface area (Å²) in [5.74, 6) is 0. The minimum Gasteiger partial charge on any atom is -0.311 e. The summed E-state index contributed by atoms with van der Waals surface area (Å²) in [4.78, 5) is 7.54. The third kappa shape index (κ3) is 5.60. The van der Waals surface area contributed by atoms with Crippen molar-refractivity contribution in [3.63, 3.8) is 0 Å². The molecule has 264 valence electrons. The highest BCUT2D eigenvalue weighted by molar-refractivity contribution is 7.00. The molecule has 7 aromatic rings. The molecule has 2 aliphatic rings. The molecule has 0 spiro atoms. The topological polar surface area (TPSA) is 9.72 Å². The number of fused-ring (bicyclic) bond motifs is 4. The van der Waals surface area contributed by atoms with Gasteiger partial charge in [0.2, 0.25) is 0 Å². The molecule has 0 bridgehead atoms. The summed E-state index contributed by atoms with van der Waals surface area (Å²) in [6, 6.07) is 50.5. The largest absolute Gasteiger partial charge is 0.311 e. The lowest BCUT2D eigenvalue weighted by Crippen LogP contribution is -2.62. The SMILES string of the molecule is Cc1cc(C)cc(N(c2ccccc2)c2cc3c4c(c2)N(c2cc(C)cc(C)c2)c2cc(C)cc(C)c2B4c2ccccc2N3c2cc(C)cc(C)c2)c1. The molecule has 0 aliphatic carbocycles. The molecule has 0 aromatic heterocycles. The first-order valence-electron chi connectivity index (χ1n) is 19.1. The zero-order valence-electron chi connectivity index (χ0n) is 32.6. The van der Waals surface area contributed by atoms with Crippen LogP contribution in [-0.4, -0.2) is 6.71 Å². The van der Waals surface area contributed by atoms with Crippen LogP contribution in [0, 0.1) is 55.4 Å². The molecule has 3 nitrogen and oxygen atoms in total. The minimum absolute atomic E-state index is 0.0616. The first-order valence-corrected chi connectivity index (χ1v) is 19.1. The first kappa shape index (κ1) is 33.8. The molecule has 0 radical (unpaired) electrons. The van der Waals surface area contributed by atoms with E-state index < -0.39 is 0 Å². The summed E-state index contributed by atoms with van der Waals surface area (Å²) in [5.41, 5.74) is 24.8. The van der Waals surface area contributed by atoms with Gasteiger partial charge in [-0.1, -0.05) is 66.2 Å². The third-order valence-corrected chi connectivity index (χ3v) is 11.1. The van der Waals surface area contributed by atoms with Crippen LogP contribution in [0.2, 0.25) is 0 Å². The summed E-state index contributed by atoms with van der Waals surface area (Å²) in [6.45, 7) is 17.8. The van der Waals surface area contributed by atoms with Gasteiger partial charge in [-0.05, 0) is 184 Å². The Morgan fingerprint density at radius 2 is 0.815 bits per heavy atom. The van der Waals surface area contributed by atoms with E-state index in [-0.39, 0.29) is 6.71 Å². The summed E-state index contributed by atoms with van der Waals surface area (Å²) >= 11 is 0. The van der Waals surface area contributed by atoms with Gasteiger partial charge in [0.1, 0.15) is 0 Å². The van der Waals surface area contributed by atoms with E-state index in [1.807, 2.05) is 0 Å². The van der Waals surface area contributed by atoms with E-state index in [0.717, 1.165) is 17.1 Å². The summed E-state index contributed by atoms with van der Waals surface area (Å²) < 4.78 is 0. The molecule has 9 rings (SSSR count). The van der Waals surface area contributed by atoms with E-state index in [1.54, 1.807) is 0 Å². The second-order valence-corrected chi connectivity index (χ2v) is 15.8. The van der Waals surface area contributed by atoms with Gasteiger partial charge in [-0.3, -0.25) is 0 Å². The molecule has 0 N–H and O–H groups in total. The van der Waals surface area contributed by atoms with Crippen molar-refractivity contribution in [3.8, 4) is 0 Å². The van der Waals surface area contributed by atoms with Crippen molar-refractivity contribution in [1.29, 1.82) is 0 Å². The fourth-order valence-corrected chi connectivity index (χ4v) is 9.39. The van der Waals surface area contributed by atoms with Gasteiger partial charge < -0.3 is 14.7 Å². The van der Waals surface area contributed by atoms with Gasteiger partial charge in [-0.2, -0.15) is 0 Å². The molecule has 2 aliphatic heterocycles. The molecule has 7 aromatic carbocycles. The lowest BCUT2D eigenvalue weighted by atomic mass is 9.32. The quantitative estimate of drug-likeness (QED) is 0.166. The van der Waals surface area contributed by atoms with Crippen LogP contribution in [0.1, 0.15) is 44.5 Å². The maximum Gasteiger partial charge on any atom is 0.252 e. The van der Waals surface area contributed by atoms with Crippen LogP contribution in [0.4, 0.5) is 51.2 Å². The van der Waals surface area contributed by atoms with Gasteiger partial charge in [0.15, 0.2) is 0 Å². The van der Waals surface area contributed by atoms with E-state index in [2.05, 4.69) is 204 Å². The number of aryl methyl sites for hydroxylation is 8. The minimum atomic E-state index is 0.0616. The Labute approximate surface area is 321 Å². The fourth-order valence-electron chi connectivity index (χ4n) is 9.39. The third-order valence-electron chi connectivity index (χ3n) is 11.1. The fraction of sp³-hybridized carbons (Fsp3) is 0.160. The van der Waals surface area contributed by atoms with Crippen LogP contribution in [0.3, 0.4) is 0 Å². The van der Waals surface area contributed by atoms with Crippen molar-refractivity contribution in [1.82, 2.24) is 0 Å².